The maximum Gasteiger partial charge on any atom is 0.138 e. The summed E-state index contributed by atoms with van der Waals surface area (Å²) >= 11 is 0. The second-order valence-corrected chi connectivity index (χ2v) is 3.27. The zero-order valence-electron chi connectivity index (χ0n) is 8.72. The molecule has 0 spiro atoms. The van der Waals surface area contributed by atoms with Crippen LogP contribution in [0.1, 0.15) is 25.3 Å². The number of hydrogen-bond donors (Lipinski definition) is 0. The molecule has 0 fully saturated rings. The molecule has 0 bridgehead atoms. The quantitative estimate of drug-likeness (QED) is 0.689. The summed E-state index contributed by atoms with van der Waals surface area (Å²) in [6, 6.07) is 6.14. The lowest BCUT2D eigenvalue weighted by molar-refractivity contribution is -0.118. The number of benzene rings is 1. The summed E-state index contributed by atoms with van der Waals surface area (Å²) < 4.78 is 12.8. The minimum Gasteiger partial charge on any atom is -0.299 e. The Bertz CT molecular complexity index is 398. The molecule has 0 heterocycles. The molecular formula is C13H13FO. The predicted molar refractivity (Wildman–Crippen MR) is 57.8 cm³/mol. The molecule has 0 radical (unpaired) electrons. The lowest BCUT2D eigenvalue weighted by Gasteiger charge is -1.99. The number of halogens is 1. The molecule has 0 unspecified atom stereocenters. The molecule has 0 aromatic heterocycles. The molecule has 1 aromatic rings. The first-order valence-electron chi connectivity index (χ1n) is 4.88. The van der Waals surface area contributed by atoms with E-state index in [9.17, 15) is 9.18 Å². The van der Waals surface area contributed by atoms with Gasteiger partial charge in [0.05, 0.1) is 0 Å². The maximum absolute atomic E-state index is 12.8. The fourth-order valence-corrected chi connectivity index (χ4v) is 1.29. The van der Waals surface area contributed by atoms with Gasteiger partial charge in [0.1, 0.15) is 11.6 Å². The maximum atomic E-state index is 12.8. The monoisotopic (exact) mass is 204 g/mol. The van der Waals surface area contributed by atoms with Gasteiger partial charge in [-0.25, -0.2) is 4.39 Å². The van der Waals surface area contributed by atoms with Gasteiger partial charge in [0.15, 0.2) is 0 Å². The van der Waals surface area contributed by atoms with Gasteiger partial charge in [0.2, 0.25) is 0 Å². The summed E-state index contributed by atoms with van der Waals surface area (Å²) in [6.45, 7) is 1.75. The first-order chi connectivity index (χ1) is 7.22. The smallest absolute Gasteiger partial charge is 0.138 e. The van der Waals surface area contributed by atoms with E-state index >= 15 is 0 Å². The van der Waals surface area contributed by atoms with Crippen molar-refractivity contribution in [2.24, 2.45) is 0 Å². The van der Waals surface area contributed by atoms with Gasteiger partial charge in [-0.15, -0.1) is 11.8 Å². The van der Waals surface area contributed by atoms with Crippen molar-refractivity contribution in [2.75, 3.05) is 0 Å². The molecule has 0 aliphatic carbocycles. The summed E-state index contributed by atoms with van der Waals surface area (Å²) in [7, 11) is 0. The van der Waals surface area contributed by atoms with E-state index in [1.807, 2.05) is 0 Å². The largest absolute Gasteiger partial charge is 0.299 e. The molecular weight excluding hydrogens is 191 g/mol. The van der Waals surface area contributed by atoms with Gasteiger partial charge in [0, 0.05) is 19.3 Å². The molecule has 1 rings (SSSR count). The Morgan fingerprint density at radius 1 is 1.47 bits per heavy atom. The van der Waals surface area contributed by atoms with Crippen molar-refractivity contribution in [2.45, 2.75) is 26.2 Å². The third kappa shape index (κ3) is 4.42. The highest BCUT2D eigenvalue weighted by molar-refractivity contribution is 5.81. The van der Waals surface area contributed by atoms with E-state index in [2.05, 4.69) is 11.8 Å². The van der Waals surface area contributed by atoms with E-state index < -0.39 is 0 Å². The van der Waals surface area contributed by atoms with Crippen molar-refractivity contribution in [3.8, 4) is 11.8 Å². The van der Waals surface area contributed by atoms with Gasteiger partial charge in [0.25, 0.3) is 0 Å². The summed E-state index contributed by atoms with van der Waals surface area (Å²) in [5, 5.41) is 0. The Balaban J connectivity index is 2.46. The molecule has 0 saturated heterocycles. The van der Waals surface area contributed by atoms with E-state index in [4.69, 9.17) is 0 Å². The standard InChI is InChI=1S/C13H13FO/c1-2-3-4-8-13(15)10-11-6-5-7-12(14)9-11/h5-7,9H,4,8,10H2,1H3. The lowest BCUT2D eigenvalue weighted by Crippen LogP contribution is -2.02. The lowest BCUT2D eigenvalue weighted by atomic mass is 10.1. The van der Waals surface area contributed by atoms with Gasteiger partial charge in [-0.3, -0.25) is 4.79 Å². The normalized spacial score (nSPS) is 9.20. The first-order valence-corrected chi connectivity index (χ1v) is 4.88. The zero-order chi connectivity index (χ0) is 11.1. The van der Waals surface area contributed by atoms with Crippen LogP contribution < -0.4 is 0 Å². The van der Waals surface area contributed by atoms with E-state index in [1.165, 1.54) is 12.1 Å². The van der Waals surface area contributed by atoms with Crippen LogP contribution >= 0.6 is 0 Å². The Labute approximate surface area is 89.3 Å². The molecule has 0 saturated carbocycles. The third-order valence-electron chi connectivity index (χ3n) is 2.00. The van der Waals surface area contributed by atoms with Crippen molar-refractivity contribution in [1.82, 2.24) is 0 Å². The van der Waals surface area contributed by atoms with Crippen LogP contribution in [-0.2, 0) is 11.2 Å². The minimum atomic E-state index is -0.298. The summed E-state index contributed by atoms with van der Waals surface area (Å²) in [6.07, 6.45) is 1.32. The second-order valence-electron chi connectivity index (χ2n) is 3.27. The van der Waals surface area contributed by atoms with Gasteiger partial charge < -0.3 is 0 Å². The van der Waals surface area contributed by atoms with Crippen LogP contribution in [-0.4, -0.2) is 5.78 Å². The Morgan fingerprint density at radius 3 is 2.93 bits per heavy atom. The van der Waals surface area contributed by atoms with Gasteiger partial charge >= 0.3 is 0 Å². The van der Waals surface area contributed by atoms with Crippen molar-refractivity contribution in [1.29, 1.82) is 0 Å². The minimum absolute atomic E-state index is 0.100. The number of carbonyl (C=O) groups is 1. The Hall–Kier alpha value is -1.62. The molecule has 1 aromatic carbocycles. The topological polar surface area (TPSA) is 17.1 Å². The van der Waals surface area contributed by atoms with Gasteiger partial charge in [-0.2, -0.15) is 0 Å². The number of ketones is 1. The molecule has 15 heavy (non-hydrogen) atoms. The van der Waals surface area contributed by atoms with E-state index in [0.717, 1.165) is 5.56 Å². The van der Waals surface area contributed by atoms with Gasteiger partial charge in [-0.1, -0.05) is 12.1 Å². The average Bonchev–Trinajstić information content (AvgIpc) is 2.18. The zero-order valence-corrected chi connectivity index (χ0v) is 8.72. The SMILES string of the molecule is CC#CCCC(=O)Cc1cccc(F)c1. The molecule has 0 N–H and O–H groups in total. The summed E-state index contributed by atoms with van der Waals surface area (Å²) in [4.78, 5) is 11.4. The third-order valence-corrected chi connectivity index (χ3v) is 2.00. The van der Waals surface area contributed by atoms with Crippen LogP contribution in [0.2, 0.25) is 0 Å². The van der Waals surface area contributed by atoms with Crippen molar-refractivity contribution < 1.29 is 9.18 Å². The molecule has 78 valence electrons. The average molecular weight is 204 g/mol. The highest BCUT2D eigenvalue weighted by Gasteiger charge is 2.03. The summed E-state index contributed by atoms with van der Waals surface area (Å²) in [5.74, 6) is 5.37. The molecule has 0 aliphatic heterocycles. The van der Waals surface area contributed by atoms with E-state index in [-0.39, 0.29) is 11.6 Å². The van der Waals surface area contributed by atoms with E-state index in [1.54, 1.807) is 19.1 Å². The molecule has 0 atom stereocenters. The van der Waals surface area contributed by atoms with Crippen molar-refractivity contribution in [3.63, 3.8) is 0 Å². The van der Waals surface area contributed by atoms with Crippen LogP contribution in [0, 0.1) is 17.7 Å². The van der Waals surface area contributed by atoms with E-state index in [0.29, 0.717) is 19.3 Å². The molecule has 0 amide bonds. The number of Topliss-reactive ketones (excluding diaryl/α,β-unsaturated/α-hetero) is 1. The van der Waals surface area contributed by atoms with Gasteiger partial charge in [-0.05, 0) is 24.6 Å². The van der Waals surface area contributed by atoms with Crippen LogP contribution in [0.15, 0.2) is 24.3 Å². The molecule has 1 nitrogen and oxygen atoms in total. The second kappa shape index (κ2) is 5.98. The van der Waals surface area contributed by atoms with Crippen LogP contribution in [0.5, 0.6) is 0 Å². The Morgan fingerprint density at radius 2 is 2.27 bits per heavy atom. The fraction of sp³-hybridized carbons (Fsp3) is 0.308. The Kier molecular flexibility index (Phi) is 4.56. The van der Waals surface area contributed by atoms with Crippen molar-refractivity contribution in [3.05, 3.63) is 35.6 Å². The van der Waals surface area contributed by atoms with Crippen molar-refractivity contribution >= 4 is 5.78 Å². The molecule has 0 aliphatic rings. The van der Waals surface area contributed by atoms with Crippen LogP contribution in [0.3, 0.4) is 0 Å². The first kappa shape index (κ1) is 11.5. The van der Waals surface area contributed by atoms with Crippen LogP contribution in [0.4, 0.5) is 4.39 Å². The highest BCUT2D eigenvalue weighted by atomic mass is 19.1. The highest BCUT2D eigenvalue weighted by Crippen LogP contribution is 2.06. The number of rotatable bonds is 4. The summed E-state index contributed by atoms with van der Waals surface area (Å²) in [5.41, 5.74) is 0.726. The molecule has 2 heteroatoms. The number of carbonyl (C=O) groups excluding carboxylic acids is 1. The number of hydrogen-bond acceptors (Lipinski definition) is 1. The predicted octanol–water partition coefficient (Wildman–Crippen LogP) is 2.74. The van der Waals surface area contributed by atoms with Crippen LogP contribution in [0.25, 0.3) is 0 Å². The fourth-order valence-electron chi connectivity index (χ4n) is 1.29.